The van der Waals surface area contributed by atoms with Crippen LogP contribution in [0.5, 0.6) is 0 Å². The van der Waals surface area contributed by atoms with Crippen LogP contribution in [-0.4, -0.2) is 68.7 Å². The molecular weight excluding hydrogens is 404 g/mol. The van der Waals surface area contributed by atoms with Crippen LogP contribution in [0.3, 0.4) is 0 Å². The second kappa shape index (κ2) is 22.7. The van der Waals surface area contributed by atoms with Crippen molar-refractivity contribution in [2.24, 2.45) is 0 Å². The van der Waals surface area contributed by atoms with E-state index in [0.717, 1.165) is 51.4 Å². The van der Waals surface area contributed by atoms with E-state index < -0.39 is 5.97 Å². The van der Waals surface area contributed by atoms with Gasteiger partial charge in [0.2, 0.25) is 11.8 Å². The SMILES string of the molecule is O=[C]CCC(=O)NCCOCCOCCNC(=O)CCCCCCCCCCC(=O)O. The minimum Gasteiger partial charge on any atom is -0.481 e. The second-order valence-electron chi connectivity index (χ2n) is 7.29. The highest BCUT2D eigenvalue weighted by Crippen LogP contribution is 2.10. The van der Waals surface area contributed by atoms with Crippen LogP contribution in [0, 0.1) is 0 Å². The lowest BCUT2D eigenvalue weighted by molar-refractivity contribution is -0.137. The first-order valence-electron chi connectivity index (χ1n) is 11.3. The van der Waals surface area contributed by atoms with Crippen molar-refractivity contribution in [3.8, 4) is 0 Å². The third kappa shape index (κ3) is 24.1. The van der Waals surface area contributed by atoms with Gasteiger partial charge in [0.05, 0.1) is 26.4 Å². The van der Waals surface area contributed by atoms with E-state index in [0.29, 0.717) is 45.9 Å². The number of carboxylic acid groups (broad SMARTS) is 1. The average molecular weight is 444 g/mol. The van der Waals surface area contributed by atoms with Crippen molar-refractivity contribution in [3.05, 3.63) is 0 Å². The molecule has 9 heteroatoms. The largest absolute Gasteiger partial charge is 0.481 e. The Morgan fingerprint density at radius 2 is 1.10 bits per heavy atom. The van der Waals surface area contributed by atoms with E-state index in [1.165, 1.54) is 0 Å². The third-order valence-electron chi connectivity index (χ3n) is 4.51. The highest BCUT2D eigenvalue weighted by Gasteiger charge is 2.02. The molecule has 179 valence electrons. The van der Waals surface area contributed by atoms with Gasteiger partial charge in [-0.15, -0.1) is 0 Å². The Bertz CT molecular complexity index is 486. The summed E-state index contributed by atoms with van der Waals surface area (Å²) in [5, 5.41) is 14.0. The molecule has 0 atom stereocenters. The van der Waals surface area contributed by atoms with Crippen LogP contribution >= 0.6 is 0 Å². The highest BCUT2D eigenvalue weighted by atomic mass is 16.5. The first-order valence-corrected chi connectivity index (χ1v) is 11.3. The number of carbonyl (C=O) groups excluding carboxylic acids is 3. The van der Waals surface area contributed by atoms with Crippen LogP contribution in [0.15, 0.2) is 0 Å². The fourth-order valence-electron chi connectivity index (χ4n) is 2.81. The van der Waals surface area contributed by atoms with Gasteiger partial charge >= 0.3 is 5.97 Å². The zero-order valence-electron chi connectivity index (χ0n) is 18.6. The molecular formula is C22H39N2O7. The smallest absolute Gasteiger partial charge is 0.303 e. The first-order chi connectivity index (χ1) is 15.1. The van der Waals surface area contributed by atoms with Gasteiger partial charge in [-0.2, -0.15) is 0 Å². The Hall–Kier alpha value is -2.00. The number of aliphatic carboxylic acids is 1. The molecule has 0 aliphatic heterocycles. The number of rotatable bonds is 23. The van der Waals surface area contributed by atoms with Crippen LogP contribution in [0.25, 0.3) is 0 Å². The van der Waals surface area contributed by atoms with Gasteiger partial charge < -0.3 is 25.2 Å². The first kappa shape index (κ1) is 29.0. The molecule has 0 rings (SSSR count). The standard InChI is InChI=1S/C22H39N2O7/c25-15-9-11-21(27)24-14-17-31-19-18-30-16-13-23-20(26)10-7-5-3-1-2-4-6-8-12-22(28)29/h1-14,16-19H2,(H,23,26)(H,24,27)(H,28,29). The monoisotopic (exact) mass is 443 g/mol. The molecule has 1 radical (unpaired) electrons. The second-order valence-corrected chi connectivity index (χ2v) is 7.29. The Balaban J connectivity index is 3.23. The molecule has 0 saturated heterocycles. The van der Waals surface area contributed by atoms with Gasteiger partial charge in [0, 0.05) is 38.8 Å². The molecule has 0 saturated carbocycles. The Morgan fingerprint density at radius 3 is 1.58 bits per heavy atom. The van der Waals surface area contributed by atoms with E-state index in [9.17, 15) is 19.2 Å². The van der Waals surface area contributed by atoms with E-state index in [2.05, 4.69) is 10.6 Å². The normalized spacial score (nSPS) is 10.6. The number of hydrogen-bond donors (Lipinski definition) is 3. The van der Waals surface area contributed by atoms with Crippen LogP contribution in [0.2, 0.25) is 0 Å². The molecule has 0 aliphatic carbocycles. The molecule has 0 heterocycles. The minimum atomic E-state index is -0.721. The number of ether oxygens (including phenoxy) is 2. The summed E-state index contributed by atoms with van der Waals surface area (Å²) in [7, 11) is 0. The van der Waals surface area contributed by atoms with Gasteiger partial charge in [-0.1, -0.05) is 38.5 Å². The molecule has 3 N–H and O–H groups in total. The predicted molar refractivity (Wildman–Crippen MR) is 116 cm³/mol. The van der Waals surface area contributed by atoms with Crippen molar-refractivity contribution in [2.45, 2.75) is 77.0 Å². The Labute approximate surface area is 185 Å². The maximum Gasteiger partial charge on any atom is 0.303 e. The Morgan fingerprint density at radius 1 is 0.645 bits per heavy atom. The number of nitrogens with one attached hydrogen (secondary N) is 2. The lowest BCUT2D eigenvalue weighted by Gasteiger charge is -2.08. The zero-order chi connectivity index (χ0) is 23.0. The molecule has 0 aromatic carbocycles. The summed E-state index contributed by atoms with van der Waals surface area (Å²) in [4.78, 5) is 43.4. The summed E-state index contributed by atoms with van der Waals surface area (Å²) in [6.45, 7) is 2.49. The molecule has 0 unspecified atom stereocenters. The van der Waals surface area contributed by atoms with Crippen LogP contribution < -0.4 is 10.6 Å². The predicted octanol–water partition coefficient (Wildman–Crippen LogP) is 2.13. The number of amides is 2. The summed E-state index contributed by atoms with van der Waals surface area (Å²) in [5.74, 6) is -0.874. The molecule has 0 aromatic heterocycles. The molecule has 0 aliphatic rings. The van der Waals surface area contributed by atoms with Gasteiger partial charge in [0.25, 0.3) is 0 Å². The van der Waals surface area contributed by atoms with Crippen molar-refractivity contribution < 1.29 is 33.8 Å². The molecule has 0 aromatic rings. The fourth-order valence-corrected chi connectivity index (χ4v) is 2.81. The van der Waals surface area contributed by atoms with Crippen molar-refractivity contribution in [1.82, 2.24) is 10.6 Å². The highest BCUT2D eigenvalue weighted by molar-refractivity contribution is 5.78. The van der Waals surface area contributed by atoms with Crippen LogP contribution in [0.1, 0.15) is 77.0 Å². The van der Waals surface area contributed by atoms with Gasteiger partial charge in [-0.05, 0) is 12.8 Å². The number of hydrogen-bond acceptors (Lipinski definition) is 6. The molecule has 0 fully saturated rings. The summed E-state index contributed by atoms with van der Waals surface area (Å²) in [6.07, 6.45) is 10.8. The minimum absolute atomic E-state index is 0.0384. The average Bonchev–Trinajstić information content (AvgIpc) is 2.74. The van der Waals surface area contributed by atoms with Crippen molar-refractivity contribution >= 4 is 24.1 Å². The van der Waals surface area contributed by atoms with Crippen LogP contribution in [0.4, 0.5) is 0 Å². The van der Waals surface area contributed by atoms with Crippen molar-refractivity contribution in [1.29, 1.82) is 0 Å². The van der Waals surface area contributed by atoms with Gasteiger partial charge in [0.15, 0.2) is 6.29 Å². The molecule has 2 amide bonds. The van der Waals surface area contributed by atoms with E-state index >= 15 is 0 Å². The topological polar surface area (TPSA) is 131 Å². The lowest BCUT2D eigenvalue weighted by atomic mass is 10.1. The summed E-state index contributed by atoms with van der Waals surface area (Å²) >= 11 is 0. The molecule has 0 bridgehead atoms. The van der Waals surface area contributed by atoms with Gasteiger partial charge in [0.1, 0.15) is 0 Å². The summed E-state index contributed by atoms with van der Waals surface area (Å²) in [5.41, 5.74) is 0. The number of unbranched alkanes of at least 4 members (excludes halogenated alkanes) is 7. The van der Waals surface area contributed by atoms with E-state index in [4.69, 9.17) is 14.6 Å². The van der Waals surface area contributed by atoms with Crippen molar-refractivity contribution in [2.75, 3.05) is 39.5 Å². The summed E-state index contributed by atoms with van der Waals surface area (Å²) in [6, 6.07) is 0. The summed E-state index contributed by atoms with van der Waals surface area (Å²) < 4.78 is 10.7. The molecule has 0 spiro atoms. The lowest BCUT2D eigenvalue weighted by Crippen LogP contribution is -2.28. The van der Waals surface area contributed by atoms with Crippen LogP contribution in [-0.2, 0) is 28.7 Å². The van der Waals surface area contributed by atoms with Crippen molar-refractivity contribution in [3.63, 3.8) is 0 Å². The number of carboxylic acids is 1. The maximum atomic E-state index is 11.7. The molecule has 31 heavy (non-hydrogen) atoms. The zero-order valence-corrected chi connectivity index (χ0v) is 18.6. The van der Waals surface area contributed by atoms with E-state index in [-0.39, 0.29) is 31.1 Å². The Kier molecular flexibility index (Phi) is 21.2. The van der Waals surface area contributed by atoms with E-state index in [1.54, 1.807) is 6.29 Å². The van der Waals surface area contributed by atoms with E-state index in [1.807, 2.05) is 0 Å². The number of carbonyl (C=O) groups is 3. The fraction of sp³-hybridized carbons (Fsp3) is 0.818. The molecule has 9 nitrogen and oxygen atoms in total. The van der Waals surface area contributed by atoms with Gasteiger partial charge in [-0.25, -0.2) is 0 Å². The van der Waals surface area contributed by atoms with Gasteiger partial charge in [-0.3, -0.25) is 19.2 Å². The quantitative estimate of drug-likeness (QED) is 0.206. The third-order valence-corrected chi connectivity index (χ3v) is 4.51. The maximum absolute atomic E-state index is 11.7.